The highest BCUT2D eigenvalue weighted by Crippen LogP contribution is 2.72. The molecule has 3 saturated carbocycles. The first-order valence-corrected chi connectivity index (χ1v) is 12.0. The van der Waals surface area contributed by atoms with Gasteiger partial charge < -0.3 is 0 Å². The van der Waals surface area contributed by atoms with Crippen molar-refractivity contribution in [2.75, 3.05) is 0 Å². The molecule has 0 aromatic rings. The van der Waals surface area contributed by atoms with Gasteiger partial charge in [0.1, 0.15) is 0 Å². The molecule has 3 rings (SSSR count). The Balaban J connectivity index is 2.12. The number of allylic oxidation sites excluding steroid dienone is 4. The van der Waals surface area contributed by atoms with Crippen LogP contribution in [0.25, 0.3) is 0 Å². The maximum atomic E-state index is 4.80. The second-order valence-electron chi connectivity index (χ2n) is 11.1. The molecule has 160 valence electrons. The summed E-state index contributed by atoms with van der Waals surface area (Å²) in [6.45, 7) is 29.6. The van der Waals surface area contributed by atoms with Gasteiger partial charge in [0.05, 0.1) is 0 Å². The predicted octanol–water partition coefficient (Wildman–Crippen LogP) is 8.68. The van der Waals surface area contributed by atoms with Crippen LogP contribution in [0.2, 0.25) is 0 Å². The Hall–Kier alpha value is -1.26. The van der Waals surface area contributed by atoms with Crippen LogP contribution < -0.4 is 0 Å². The average Bonchev–Trinajstić information content (AvgIpc) is 2.67. The number of hydrogen-bond acceptors (Lipinski definition) is 0. The Morgan fingerprint density at radius 2 is 2.00 bits per heavy atom. The molecule has 0 saturated heterocycles. The van der Waals surface area contributed by atoms with Crippen molar-refractivity contribution in [1.82, 2.24) is 0 Å². The van der Waals surface area contributed by atoms with E-state index in [4.69, 9.17) is 6.58 Å². The molecule has 0 aliphatic heterocycles. The third-order valence-corrected chi connectivity index (χ3v) is 10.1. The Labute approximate surface area is 180 Å². The van der Waals surface area contributed by atoms with Crippen LogP contribution >= 0.6 is 0 Å². The van der Waals surface area contributed by atoms with Crippen molar-refractivity contribution in [2.45, 2.75) is 86.0 Å². The van der Waals surface area contributed by atoms with Crippen LogP contribution in [0.4, 0.5) is 0 Å². The molecular formula is C29H44. The molecule has 3 fully saturated rings. The first kappa shape index (κ1) is 22.4. The lowest BCUT2D eigenvalue weighted by Gasteiger charge is -2.68. The van der Waals surface area contributed by atoms with Gasteiger partial charge >= 0.3 is 0 Å². The zero-order valence-corrected chi connectivity index (χ0v) is 19.9. The van der Waals surface area contributed by atoms with Crippen LogP contribution in [0, 0.1) is 39.9 Å². The largest absolute Gasteiger partial charge is 0.130 e. The van der Waals surface area contributed by atoms with Gasteiger partial charge in [0.2, 0.25) is 0 Å². The maximum Gasteiger partial charge on any atom is 0.00321 e. The van der Waals surface area contributed by atoms with Crippen molar-refractivity contribution in [3.63, 3.8) is 0 Å². The minimum absolute atomic E-state index is 0.201. The fourth-order valence-corrected chi connectivity index (χ4v) is 8.68. The van der Waals surface area contributed by atoms with Crippen molar-refractivity contribution in [1.29, 1.82) is 0 Å². The Morgan fingerprint density at radius 1 is 1.31 bits per heavy atom. The van der Waals surface area contributed by atoms with E-state index in [-0.39, 0.29) is 10.8 Å². The minimum Gasteiger partial charge on any atom is -0.130 e. The van der Waals surface area contributed by atoms with Crippen molar-refractivity contribution < 1.29 is 0 Å². The molecule has 3 aliphatic rings. The Kier molecular flexibility index (Phi) is 6.01. The van der Waals surface area contributed by atoms with Gasteiger partial charge in [-0.2, -0.15) is 0 Å². The van der Waals surface area contributed by atoms with Crippen molar-refractivity contribution in [2.24, 2.45) is 39.9 Å². The summed E-state index contributed by atoms with van der Waals surface area (Å²) < 4.78 is 0. The van der Waals surface area contributed by atoms with E-state index in [1.54, 1.807) is 0 Å². The summed E-state index contributed by atoms with van der Waals surface area (Å²) in [6, 6.07) is 0. The number of fused-ring (bicyclic) bond motifs is 3. The summed E-state index contributed by atoms with van der Waals surface area (Å²) in [5.74, 6) is 2.80. The third kappa shape index (κ3) is 2.93. The van der Waals surface area contributed by atoms with Gasteiger partial charge in [-0.1, -0.05) is 71.1 Å². The molecule has 0 spiro atoms. The fourth-order valence-electron chi connectivity index (χ4n) is 8.68. The second-order valence-corrected chi connectivity index (χ2v) is 11.1. The lowest BCUT2D eigenvalue weighted by Crippen LogP contribution is -2.60. The highest BCUT2D eigenvalue weighted by atomic mass is 14.7. The van der Waals surface area contributed by atoms with E-state index < -0.39 is 0 Å². The minimum atomic E-state index is 0.201. The molecule has 0 nitrogen and oxygen atoms in total. The topological polar surface area (TPSA) is 0 Å². The molecule has 0 amide bonds. The van der Waals surface area contributed by atoms with Crippen LogP contribution in [-0.4, -0.2) is 0 Å². The lowest BCUT2D eigenvalue weighted by molar-refractivity contribution is -0.136. The fraction of sp³-hybridized carbons (Fsp3) is 0.690. The molecule has 0 radical (unpaired) electrons. The zero-order valence-electron chi connectivity index (χ0n) is 19.9. The molecule has 29 heavy (non-hydrogen) atoms. The van der Waals surface area contributed by atoms with Crippen molar-refractivity contribution in [3.8, 4) is 0 Å². The summed E-state index contributed by atoms with van der Waals surface area (Å²) in [4.78, 5) is 0. The maximum absolute atomic E-state index is 4.80. The molecule has 6 atom stereocenters. The van der Waals surface area contributed by atoms with Crippen molar-refractivity contribution in [3.05, 3.63) is 54.8 Å². The van der Waals surface area contributed by atoms with E-state index >= 15 is 0 Å². The molecule has 0 N–H and O–H groups in total. The molecule has 0 aromatic heterocycles. The average molecular weight is 393 g/mol. The first-order chi connectivity index (χ1) is 13.6. The second kappa shape index (κ2) is 7.77. The van der Waals surface area contributed by atoms with Crippen LogP contribution in [0.1, 0.15) is 86.0 Å². The molecule has 0 bridgehead atoms. The van der Waals surface area contributed by atoms with Crippen LogP contribution in [0.5, 0.6) is 0 Å². The van der Waals surface area contributed by atoms with Gasteiger partial charge in [0.15, 0.2) is 0 Å². The monoisotopic (exact) mass is 392 g/mol. The summed E-state index contributed by atoms with van der Waals surface area (Å²) >= 11 is 0. The molecule has 0 aromatic carbocycles. The van der Waals surface area contributed by atoms with Gasteiger partial charge in [-0.05, 0) is 91.9 Å². The Bertz CT molecular complexity index is 744. The highest BCUT2D eigenvalue weighted by Gasteiger charge is 2.64. The van der Waals surface area contributed by atoms with E-state index in [0.29, 0.717) is 17.3 Å². The predicted molar refractivity (Wildman–Crippen MR) is 128 cm³/mol. The Morgan fingerprint density at radius 3 is 2.52 bits per heavy atom. The third-order valence-electron chi connectivity index (χ3n) is 10.1. The van der Waals surface area contributed by atoms with Crippen molar-refractivity contribution >= 4 is 0 Å². The van der Waals surface area contributed by atoms with Gasteiger partial charge in [0.25, 0.3) is 0 Å². The summed E-state index contributed by atoms with van der Waals surface area (Å²) in [6.07, 6.45) is 11.8. The smallest absolute Gasteiger partial charge is 0.00321 e. The van der Waals surface area contributed by atoms with Crippen LogP contribution in [-0.2, 0) is 0 Å². The van der Waals surface area contributed by atoms with Crippen LogP contribution in [0.3, 0.4) is 0 Å². The quantitative estimate of drug-likeness (QED) is 0.324. The van der Waals surface area contributed by atoms with Gasteiger partial charge in [0, 0.05) is 5.41 Å². The summed E-state index contributed by atoms with van der Waals surface area (Å²) in [7, 11) is 0. The molecule has 0 heteroatoms. The van der Waals surface area contributed by atoms with Gasteiger partial charge in [-0.15, -0.1) is 12.3 Å². The highest BCUT2D eigenvalue weighted by molar-refractivity contribution is 5.32. The van der Waals surface area contributed by atoms with E-state index in [1.807, 2.05) is 0 Å². The summed E-state index contributed by atoms with van der Waals surface area (Å²) in [5, 5.41) is 0. The number of hydrogen-bond donors (Lipinski definition) is 0. The van der Waals surface area contributed by atoms with E-state index in [2.05, 4.69) is 66.2 Å². The van der Waals surface area contributed by atoms with E-state index in [0.717, 1.165) is 24.7 Å². The zero-order chi connectivity index (χ0) is 21.6. The standard InChI is InChI=1S/C29H44/c1-10-15-28(20(4)5)17-14-26-24(25(28)12-3)18-22(8)29(21(6)7)19-23(11-2)13-16-27(26,29)9/h10,21,24-26H,1-2,4,8,12-19H2,3,5-7,9H3. The van der Waals surface area contributed by atoms with Gasteiger partial charge in [-0.3, -0.25) is 0 Å². The molecule has 0 heterocycles. The lowest BCUT2D eigenvalue weighted by atomic mass is 9.36. The summed E-state index contributed by atoms with van der Waals surface area (Å²) in [5.41, 5.74) is 8.37. The van der Waals surface area contributed by atoms with E-state index in [1.165, 1.54) is 55.2 Å². The molecule has 6 unspecified atom stereocenters. The van der Waals surface area contributed by atoms with Crippen LogP contribution in [0.15, 0.2) is 54.8 Å². The number of rotatable bonds is 5. The SMILES string of the molecule is C=C=C1CCC2(C)C3CCC(CC=C)(C(=C)C)C(CC)C3CC(=C)C2(C(C)C)C1. The first-order valence-electron chi connectivity index (χ1n) is 12.0. The molecular weight excluding hydrogens is 348 g/mol. The normalized spacial score (nSPS) is 42.1. The van der Waals surface area contributed by atoms with E-state index in [9.17, 15) is 0 Å². The van der Waals surface area contributed by atoms with Gasteiger partial charge in [-0.25, -0.2) is 0 Å². The molecule has 3 aliphatic carbocycles.